The number of urea groups is 2. The van der Waals surface area contributed by atoms with Crippen LogP contribution in [-0.4, -0.2) is 62.6 Å². The molecule has 0 aliphatic rings. The lowest BCUT2D eigenvalue weighted by atomic mass is 10.4. The lowest BCUT2D eigenvalue weighted by Crippen LogP contribution is -2.42. The van der Waals surface area contributed by atoms with E-state index in [1.807, 2.05) is 10.6 Å². The summed E-state index contributed by atoms with van der Waals surface area (Å²) in [5.41, 5.74) is -1.03. The molecule has 0 unspecified atom stereocenters. The highest BCUT2D eigenvalue weighted by Crippen LogP contribution is 1.80. The van der Waals surface area contributed by atoms with Crippen molar-refractivity contribution < 1.29 is 28.9 Å². The van der Waals surface area contributed by atoms with E-state index in [4.69, 9.17) is 10.5 Å². The van der Waals surface area contributed by atoms with E-state index in [1.54, 1.807) is 13.8 Å². The third-order valence-electron chi connectivity index (χ3n) is 2.14. The third-order valence-corrected chi connectivity index (χ3v) is 2.14. The topological polar surface area (TPSA) is 207 Å². The highest BCUT2D eigenvalue weighted by atomic mass is 16.6. The van der Waals surface area contributed by atoms with E-state index in [9.17, 15) is 19.2 Å². The van der Waals surface area contributed by atoms with Gasteiger partial charge in [0.25, 0.3) is 11.8 Å². The lowest BCUT2D eigenvalue weighted by Gasteiger charge is -2.01. The van der Waals surface area contributed by atoms with Crippen molar-refractivity contribution in [3.8, 4) is 12.1 Å². The average Bonchev–Trinajstić information content (AvgIpc) is 2.64. The molecule has 0 fully saturated rings. The third kappa shape index (κ3) is 12.2. The summed E-state index contributed by atoms with van der Waals surface area (Å²) < 4.78 is 0. The smallest absolute Gasteiger partial charge is 0.321 e. The van der Waals surface area contributed by atoms with Crippen LogP contribution in [0.25, 0.3) is 0 Å². The fraction of sp³-hybridized carbons (Fsp3) is 0.429. The van der Waals surface area contributed by atoms with Crippen LogP contribution in [0.15, 0.2) is 10.3 Å². The number of oxime groups is 2. The van der Waals surface area contributed by atoms with Gasteiger partial charge in [-0.3, -0.25) is 20.2 Å². The molecule has 0 bridgehead atoms. The monoisotopic (exact) mass is 396 g/mol. The molecule has 14 heteroatoms. The molecule has 0 heterocycles. The molecule has 0 radical (unpaired) electrons. The molecule has 0 rings (SSSR count). The van der Waals surface area contributed by atoms with Gasteiger partial charge in [-0.1, -0.05) is 10.3 Å². The van der Waals surface area contributed by atoms with Crippen LogP contribution in [0.3, 0.4) is 0 Å². The number of nitrogens with one attached hydrogen (secondary N) is 4. The molecular weight excluding hydrogens is 376 g/mol. The van der Waals surface area contributed by atoms with Gasteiger partial charge in [0.2, 0.25) is 11.4 Å². The number of imide groups is 2. The van der Waals surface area contributed by atoms with Crippen molar-refractivity contribution in [3.63, 3.8) is 0 Å². The van der Waals surface area contributed by atoms with Crippen molar-refractivity contribution in [2.75, 3.05) is 27.3 Å². The van der Waals surface area contributed by atoms with Gasteiger partial charge in [0, 0.05) is 13.1 Å². The summed E-state index contributed by atoms with van der Waals surface area (Å²) in [5, 5.41) is 31.5. The Kier molecular flexibility index (Phi) is 15.1. The van der Waals surface area contributed by atoms with E-state index in [2.05, 4.69) is 30.6 Å². The number of nitriles is 2. The maximum absolute atomic E-state index is 11.0. The minimum Gasteiger partial charge on any atom is -0.398 e. The van der Waals surface area contributed by atoms with E-state index >= 15 is 0 Å². The van der Waals surface area contributed by atoms with E-state index in [1.165, 1.54) is 26.4 Å². The Balaban J connectivity index is 0. The molecule has 28 heavy (non-hydrogen) atoms. The molecule has 14 nitrogen and oxygen atoms in total. The molecule has 0 aliphatic heterocycles. The molecule has 152 valence electrons. The summed E-state index contributed by atoms with van der Waals surface area (Å²) in [6.07, 6.45) is 0. The molecule has 0 aliphatic carbocycles. The van der Waals surface area contributed by atoms with Crippen LogP contribution in [0, 0.1) is 22.7 Å². The number of carbonyl (C=O) groups excluding carboxylic acids is 4. The van der Waals surface area contributed by atoms with Crippen molar-refractivity contribution in [1.29, 1.82) is 10.5 Å². The van der Waals surface area contributed by atoms with E-state index in [-0.39, 0.29) is 0 Å². The zero-order valence-electron chi connectivity index (χ0n) is 15.7. The first-order valence-corrected chi connectivity index (χ1v) is 7.51. The largest absolute Gasteiger partial charge is 0.398 e. The summed E-state index contributed by atoms with van der Waals surface area (Å²) in [6, 6.07) is 1.60. The van der Waals surface area contributed by atoms with Crippen molar-refractivity contribution in [3.05, 3.63) is 0 Å². The maximum atomic E-state index is 11.0. The van der Waals surface area contributed by atoms with E-state index in [0.29, 0.717) is 13.1 Å². The Hall–Kier alpha value is -4.20. The Labute approximate surface area is 160 Å². The number of nitrogens with zero attached hydrogens (tertiary/aromatic N) is 4. The van der Waals surface area contributed by atoms with Gasteiger partial charge in [0.15, 0.2) is 0 Å². The Morgan fingerprint density at radius 1 is 0.786 bits per heavy atom. The molecular formula is C14H20N8O6. The van der Waals surface area contributed by atoms with Gasteiger partial charge in [-0.25, -0.2) is 9.59 Å². The van der Waals surface area contributed by atoms with Crippen LogP contribution < -0.4 is 21.3 Å². The molecule has 0 saturated carbocycles. The van der Waals surface area contributed by atoms with E-state index in [0.717, 1.165) is 0 Å². The molecule has 6 amide bonds. The maximum Gasteiger partial charge on any atom is 0.321 e. The summed E-state index contributed by atoms with van der Waals surface area (Å²) in [4.78, 5) is 52.2. The van der Waals surface area contributed by atoms with Crippen LogP contribution in [0.4, 0.5) is 9.59 Å². The summed E-state index contributed by atoms with van der Waals surface area (Å²) in [5.74, 6) is -1.81. The summed E-state index contributed by atoms with van der Waals surface area (Å²) in [7, 11) is 2.38. The Morgan fingerprint density at radius 2 is 1.11 bits per heavy atom. The second-order valence-electron chi connectivity index (χ2n) is 4.10. The molecule has 0 spiro atoms. The van der Waals surface area contributed by atoms with Gasteiger partial charge < -0.3 is 20.3 Å². The molecule has 0 aromatic heterocycles. The van der Waals surface area contributed by atoms with Crippen LogP contribution in [0.2, 0.25) is 0 Å². The molecule has 0 saturated heterocycles. The van der Waals surface area contributed by atoms with Gasteiger partial charge in [0.05, 0.1) is 0 Å². The number of rotatable bonds is 6. The van der Waals surface area contributed by atoms with Crippen molar-refractivity contribution in [2.45, 2.75) is 13.8 Å². The zero-order valence-corrected chi connectivity index (χ0v) is 15.7. The van der Waals surface area contributed by atoms with E-state index < -0.39 is 35.3 Å². The molecule has 4 N–H and O–H groups in total. The molecule has 0 aromatic carbocycles. The first-order chi connectivity index (χ1) is 13.3. The second-order valence-corrected chi connectivity index (χ2v) is 4.10. The zero-order chi connectivity index (χ0) is 21.9. The van der Waals surface area contributed by atoms with Crippen LogP contribution >= 0.6 is 0 Å². The van der Waals surface area contributed by atoms with Gasteiger partial charge in [0.1, 0.15) is 26.4 Å². The highest BCUT2D eigenvalue weighted by Gasteiger charge is 2.15. The minimum absolute atomic E-state index is 0.377. The van der Waals surface area contributed by atoms with Crippen molar-refractivity contribution in [2.24, 2.45) is 10.3 Å². The van der Waals surface area contributed by atoms with Crippen LogP contribution in [0.1, 0.15) is 13.8 Å². The number of hydrogen-bond donors (Lipinski definition) is 4. The fourth-order valence-corrected chi connectivity index (χ4v) is 1.14. The van der Waals surface area contributed by atoms with Gasteiger partial charge in [-0.2, -0.15) is 10.5 Å². The predicted molar refractivity (Wildman–Crippen MR) is 94.5 cm³/mol. The minimum atomic E-state index is -0.903. The highest BCUT2D eigenvalue weighted by molar-refractivity contribution is 6.47. The Morgan fingerprint density at radius 3 is 1.32 bits per heavy atom. The van der Waals surface area contributed by atoms with Crippen LogP contribution in [0.5, 0.6) is 0 Å². The van der Waals surface area contributed by atoms with Gasteiger partial charge >= 0.3 is 12.1 Å². The standard InChI is InChI=1S/2C7H10N4O3/c2*1-3-9-7(13)10-6(12)5(4-8)11-14-2/h2*3H2,1-2H3,(H2,9,10,12,13)/b2*11-5+. The number of carbonyl (C=O) groups is 4. The SMILES string of the molecule is CCNC(=O)NC(=O)/C(C#N)=N/OC.CCNC(=O)NC(=O)/C(C#N)=N/OC. The van der Waals surface area contributed by atoms with Crippen molar-refractivity contribution in [1.82, 2.24) is 21.3 Å². The van der Waals surface area contributed by atoms with Gasteiger partial charge in [-0.15, -0.1) is 0 Å². The number of hydrogen-bond acceptors (Lipinski definition) is 10. The Bertz CT molecular complexity index is 644. The predicted octanol–water partition coefficient (Wildman–Crippen LogP) is -1.28. The fourth-order valence-electron chi connectivity index (χ4n) is 1.14. The summed E-state index contributed by atoms with van der Waals surface area (Å²) in [6.45, 7) is 4.14. The molecule has 0 aromatic rings. The van der Waals surface area contributed by atoms with Crippen LogP contribution in [-0.2, 0) is 19.3 Å². The second kappa shape index (κ2) is 16.3. The summed E-state index contributed by atoms with van der Waals surface area (Å²) >= 11 is 0. The first-order valence-electron chi connectivity index (χ1n) is 7.51. The normalized spacial score (nSPS) is 9.93. The first kappa shape index (κ1) is 26.0. The van der Waals surface area contributed by atoms with Crippen molar-refractivity contribution >= 4 is 35.3 Å². The molecule has 0 atom stereocenters. The lowest BCUT2D eigenvalue weighted by molar-refractivity contribution is -0.114. The number of amides is 6. The quantitative estimate of drug-likeness (QED) is 0.313. The van der Waals surface area contributed by atoms with Gasteiger partial charge in [-0.05, 0) is 13.8 Å². The average molecular weight is 396 g/mol.